The maximum absolute atomic E-state index is 10.4. The fourth-order valence-electron chi connectivity index (χ4n) is 1.85. The molecule has 0 saturated heterocycles. The van der Waals surface area contributed by atoms with E-state index in [0.29, 0.717) is 22.8 Å². The summed E-state index contributed by atoms with van der Waals surface area (Å²) in [6, 6.07) is 9.03. The molecule has 19 heavy (non-hydrogen) atoms. The smallest absolute Gasteiger partial charge is 0.125 e. The van der Waals surface area contributed by atoms with Crippen molar-refractivity contribution in [3.63, 3.8) is 0 Å². The zero-order valence-electron chi connectivity index (χ0n) is 11.3. The van der Waals surface area contributed by atoms with Gasteiger partial charge < -0.3 is 14.6 Å². The summed E-state index contributed by atoms with van der Waals surface area (Å²) in [4.78, 5) is 4.24. The molecule has 0 aliphatic carbocycles. The summed E-state index contributed by atoms with van der Waals surface area (Å²) in [7, 11) is 3.16. The van der Waals surface area contributed by atoms with Crippen molar-refractivity contribution in [3.05, 3.63) is 53.3 Å². The third-order valence-electron chi connectivity index (χ3n) is 2.95. The first kappa shape index (κ1) is 13.4. The predicted octanol–water partition coefficient (Wildman–Crippen LogP) is 2.49. The Morgan fingerprint density at radius 2 is 1.89 bits per heavy atom. The Morgan fingerprint density at radius 1 is 1.11 bits per heavy atom. The Bertz CT molecular complexity index is 552. The lowest BCUT2D eigenvalue weighted by molar-refractivity contribution is 0.209. The first-order valence-electron chi connectivity index (χ1n) is 5.98. The van der Waals surface area contributed by atoms with Crippen molar-refractivity contribution in [2.75, 3.05) is 14.2 Å². The molecule has 1 aromatic heterocycles. The molecule has 0 amide bonds. The largest absolute Gasteiger partial charge is 0.497 e. The van der Waals surface area contributed by atoms with Crippen molar-refractivity contribution >= 4 is 0 Å². The molecule has 1 atom stereocenters. The Kier molecular flexibility index (Phi) is 4.02. The number of rotatable bonds is 4. The molecule has 1 heterocycles. The zero-order chi connectivity index (χ0) is 13.8. The maximum atomic E-state index is 10.4. The van der Waals surface area contributed by atoms with Crippen LogP contribution in [0.5, 0.6) is 11.5 Å². The number of benzene rings is 1. The fraction of sp³-hybridized carbons (Fsp3) is 0.267. The first-order valence-corrected chi connectivity index (χ1v) is 5.98. The quantitative estimate of drug-likeness (QED) is 0.916. The molecule has 2 rings (SSSR count). The lowest BCUT2D eigenvalue weighted by atomic mass is 10.0. The molecule has 0 aliphatic heterocycles. The van der Waals surface area contributed by atoms with Crippen LogP contribution in [0.4, 0.5) is 0 Å². The van der Waals surface area contributed by atoms with E-state index in [2.05, 4.69) is 4.98 Å². The van der Waals surface area contributed by atoms with Gasteiger partial charge in [-0.05, 0) is 36.8 Å². The van der Waals surface area contributed by atoms with Gasteiger partial charge in [-0.1, -0.05) is 6.07 Å². The van der Waals surface area contributed by atoms with Crippen LogP contribution in [0.1, 0.15) is 22.9 Å². The summed E-state index contributed by atoms with van der Waals surface area (Å²) < 4.78 is 10.4. The number of aromatic nitrogens is 1. The minimum atomic E-state index is -0.842. The normalized spacial score (nSPS) is 12.0. The van der Waals surface area contributed by atoms with Gasteiger partial charge in [0, 0.05) is 11.8 Å². The van der Waals surface area contributed by atoms with Crippen LogP contribution in [0.2, 0.25) is 0 Å². The van der Waals surface area contributed by atoms with E-state index in [1.807, 2.05) is 13.0 Å². The van der Waals surface area contributed by atoms with Gasteiger partial charge in [0.1, 0.15) is 17.6 Å². The van der Waals surface area contributed by atoms with E-state index < -0.39 is 6.10 Å². The lowest BCUT2D eigenvalue weighted by Gasteiger charge is -2.15. The molecule has 1 unspecified atom stereocenters. The van der Waals surface area contributed by atoms with Gasteiger partial charge in [0.05, 0.1) is 19.9 Å². The van der Waals surface area contributed by atoms with Gasteiger partial charge in [0.25, 0.3) is 0 Å². The molecule has 4 nitrogen and oxygen atoms in total. The van der Waals surface area contributed by atoms with Crippen LogP contribution >= 0.6 is 0 Å². The topological polar surface area (TPSA) is 51.6 Å². The average Bonchev–Trinajstić information content (AvgIpc) is 2.46. The third-order valence-corrected chi connectivity index (χ3v) is 2.95. The summed E-state index contributed by atoms with van der Waals surface area (Å²) in [6.45, 7) is 1.95. The summed E-state index contributed by atoms with van der Waals surface area (Å²) >= 11 is 0. The van der Waals surface area contributed by atoms with Gasteiger partial charge >= 0.3 is 0 Å². The van der Waals surface area contributed by atoms with Crippen LogP contribution in [-0.2, 0) is 0 Å². The second-order valence-electron chi connectivity index (χ2n) is 4.27. The molecule has 0 radical (unpaired) electrons. The summed E-state index contributed by atoms with van der Waals surface area (Å²) in [5.41, 5.74) is 2.27. The van der Waals surface area contributed by atoms with Gasteiger partial charge in [0.15, 0.2) is 0 Å². The van der Waals surface area contributed by atoms with Crippen molar-refractivity contribution in [3.8, 4) is 11.5 Å². The highest BCUT2D eigenvalue weighted by atomic mass is 16.5. The monoisotopic (exact) mass is 259 g/mol. The molecule has 0 fully saturated rings. The number of aryl methyl sites for hydroxylation is 1. The van der Waals surface area contributed by atoms with E-state index in [9.17, 15) is 5.11 Å². The Balaban J connectivity index is 2.41. The van der Waals surface area contributed by atoms with Gasteiger partial charge in [0.2, 0.25) is 0 Å². The van der Waals surface area contributed by atoms with Crippen LogP contribution < -0.4 is 9.47 Å². The Labute approximate surface area is 112 Å². The zero-order valence-corrected chi connectivity index (χ0v) is 11.3. The fourth-order valence-corrected chi connectivity index (χ4v) is 1.85. The molecule has 2 aromatic rings. The first-order chi connectivity index (χ1) is 9.15. The molecular weight excluding hydrogens is 242 g/mol. The van der Waals surface area contributed by atoms with E-state index in [0.717, 1.165) is 5.56 Å². The van der Waals surface area contributed by atoms with Gasteiger partial charge in [-0.25, -0.2) is 0 Å². The van der Waals surface area contributed by atoms with Crippen molar-refractivity contribution < 1.29 is 14.6 Å². The van der Waals surface area contributed by atoms with Crippen LogP contribution in [-0.4, -0.2) is 24.3 Å². The van der Waals surface area contributed by atoms with E-state index in [4.69, 9.17) is 9.47 Å². The Hall–Kier alpha value is -2.07. The van der Waals surface area contributed by atoms with Gasteiger partial charge in [-0.15, -0.1) is 0 Å². The number of aliphatic hydroxyl groups excluding tert-OH is 1. The maximum Gasteiger partial charge on any atom is 0.125 e. The predicted molar refractivity (Wildman–Crippen MR) is 72.6 cm³/mol. The van der Waals surface area contributed by atoms with Gasteiger partial charge in [-0.2, -0.15) is 0 Å². The molecule has 0 saturated carbocycles. The molecule has 0 spiro atoms. The van der Waals surface area contributed by atoms with Crippen molar-refractivity contribution in [1.29, 1.82) is 0 Å². The van der Waals surface area contributed by atoms with Crippen LogP contribution in [0.15, 0.2) is 36.5 Å². The number of hydrogen-bond acceptors (Lipinski definition) is 4. The number of methoxy groups -OCH3 is 2. The van der Waals surface area contributed by atoms with Crippen LogP contribution in [0, 0.1) is 6.92 Å². The standard InChI is InChI=1S/C15H17NO3/c1-10-4-6-13(16-9-10)15(17)12-8-11(18-2)5-7-14(12)19-3/h4-9,15,17H,1-3H3. The number of pyridine rings is 1. The minimum absolute atomic E-state index is 0.581. The van der Waals surface area contributed by atoms with E-state index >= 15 is 0 Å². The number of ether oxygens (including phenoxy) is 2. The van der Waals surface area contributed by atoms with Crippen LogP contribution in [0.25, 0.3) is 0 Å². The Morgan fingerprint density at radius 3 is 2.47 bits per heavy atom. The van der Waals surface area contributed by atoms with Crippen molar-refractivity contribution in [2.24, 2.45) is 0 Å². The lowest BCUT2D eigenvalue weighted by Crippen LogP contribution is -2.05. The summed E-state index contributed by atoms with van der Waals surface area (Å²) in [5, 5.41) is 10.4. The summed E-state index contributed by atoms with van der Waals surface area (Å²) in [6.07, 6.45) is 0.885. The highest BCUT2D eigenvalue weighted by Gasteiger charge is 2.17. The molecular formula is C15H17NO3. The number of hydrogen-bond donors (Lipinski definition) is 1. The van der Waals surface area contributed by atoms with E-state index in [-0.39, 0.29) is 0 Å². The highest BCUT2D eigenvalue weighted by Crippen LogP contribution is 2.32. The second-order valence-corrected chi connectivity index (χ2v) is 4.27. The molecule has 100 valence electrons. The van der Waals surface area contributed by atoms with Crippen molar-refractivity contribution in [1.82, 2.24) is 4.98 Å². The number of nitrogens with zero attached hydrogens (tertiary/aromatic N) is 1. The third kappa shape index (κ3) is 2.85. The minimum Gasteiger partial charge on any atom is -0.497 e. The molecule has 1 N–H and O–H groups in total. The highest BCUT2D eigenvalue weighted by molar-refractivity contribution is 5.44. The SMILES string of the molecule is COc1ccc(OC)c(C(O)c2ccc(C)cn2)c1. The number of aliphatic hydroxyl groups is 1. The molecule has 1 aromatic carbocycles. The molecule has 4 heteroatoms. The molecule has 0 aliphatic rings. The van der Waals surface area contributed by atoms with Crippen molar-refractivity contribution in [2.45, 2.75) is 13.0 Å². The van der Waals surface area contributed by atoms with E-state index in [1.54, 1.807) is 44.7 Å². The van der Waals surface area contributed by atoms with Gasteiger partial charge in [-0.3, -0.25) is 4.98 Å². The summed E-state index contributed by atoms with van der Waals surface area (Å²) in [5.74, 6) is 1.28. The second kappa shape index (κ2) is 5.71. The average molecular weight is 259 g/mol. The molecule has 0 bridgehead atoms. The van der Waals surface area contributed by atoms with E-state index in [1.165, 1.54) is 0 Å². The van der Waals surface area contributed by atoms with Crippen LogP contribution in [0.3, 0.4) is 0 Å².